The number of amides is 2. The molecule has 0 radical (unpaired) electrons. The average molecular weight is 354 g/mol. The third kappa shape index (κ3) is 3.52. The number of hydrogen-bond acceptors (Lipinski definition) is 3. The summed E-state index contributed by atoms with van der Waals surface area (Å²) < 4.78 is 0. The van der Waals surface area contributed by atoms with Crippen LogP contribution in [0.2, 0.25) is 15.1 Å². The molecule has 1 aliphatic rings. The van der Waals surface area contributed by atoms with E-state index in [0.717, 1.165) is 4.90 Å². The first-order chi connectivity index (χ1) is 9.79. The SMILES string of the molecule is O=C(O)[C@@H]1C[C@H](O)CN1C(=O)Nc1cc(Cl)c(Cl)cc1Cl. The van der Waals surface area contributed by atoms with Crippen molar-refractivity contribution in [2.45, 2.75) is 18.6 Å². The maximum absolute atomic E-state index is 12.1. The molecular weight excluding hydrogens is 343 g/mol. The molecule has 1 saturated heterocycles. The molecule has 1 aromatic rings. The van der Waals surface area contributed by atoms with Crippen molar-refractivity contribution in [2.24, 2.45) is 0 Å². The number of urea groups is 1. The number of carbonyl (C=O) groups excluding carboxylic acids is 1. The van der Waals surface area contributed by atoms with Gasteiger partial charge in [0.2, 0.25) is 0 Å². The Kier molecular flexibility index (Phi) is 4.83. The van der Waals surface area contributed by atoms with Gasteiger partial charge in [-0.25, -0.2) is 9.59 Å². The Morgan fingerprint density at radius 2 is 1.81 bits per heavy atom. The van der Waals surface area contributed by atoms with Gasteiger partial charge in [0.05, 0.1) is 26.9 Å². The van der Waals surface area contributed by atoms with E-state index < -0.39 is 24.1 Å². The Labute approximate surface area is 135 Å². The van der Waals surface area contributed by atoms with Gasteiger partial charge >= 0.3 is 12.0 Å². The van der Waals surface area contributed by atoms with Crippen LogP contribution in [0.25, 0.3) is 0 Å². The van der Waals surface area contributed by atoms with E-state index in [4.69, 9.17) is 39.9 Å². The van der Waals surface area contributed by atoms with E-state index in [1.165, 1.54) is 12.1 Å². The van der Waals surface area contributed by atoms with Gasteiger partial charge < -0.3 is 20.4 Å². The highest BCUT2D eigenvalue weighted by atomic mass is 35.5. The van der Waals surface area contributed by atoms with Crippen LogP contribution in [0.1, 0.15) is 6.42 Å². The number of halogens is 3. The van der Waals surface area contributed by atoms with Gasteiger partial charge in [0.1, 0.15) is 6.04 Å². The molecule has 0 aromatic heterocycles. The number of carboxylic acid groups (broad SMARTS) is 1. The molecule has 1 heterocycles. The maximum Gasteiger partial charge on any atom is 0.326 e. The lowest BCUT2D eigenvalue weighted by molar-refractivity contribution is -0.141. The van der Waals surface area contributed by atoms with Gasteiger partial charge in [-0.1, -0.05) is 34.8 Å². The minimum atomic E-state index is -1.18. The van der Waals surface area contributed by atoms with Crippen molar-refractivity contribution in [2.75, 3.05) is 11.9 Å². The van der Waals surface area contributed by atoms with E-state index in [1.807, 2.05) is 0 Å². The zero-order valence-corrected chi connectivity index (χ0v) is 12.8. The Bertz CT molecular complexity index is 596. The molecule has 1 aliphatic heterocycles. The summed E-state index contributed by atoms with van der Waals surface area (Å²) in [7, 11) is 0. The molecule has 0 aliphatic carbocycles. The van der Waals surface area contributed by atoms with Gasteiger partial charge in [-0.05, 0) is 12.1 Å². The minimum absolute atomic E-state index is 0.0160. The summed E-state index contributed by atoms with van der Waals surface area (Å²) in [4.78, 5) is 24.2. The highest BCUT2D eigenvalue weighted by Crippen LogP contribution is 2.32. The van der Waals surface area contributed by atoms with Crippen LogP contribution < -0.4 is 5.32 Å². The molecule has 2 rings (SSSR count). The third-order valence-corrected chi connectivity index (χ3v) is 4.11. The molecule has 0 bridgehead atoms. The van der Waals surface area contributed by atoms with Gasteiger partial charge in [-0.3, -0.25) is 0 Å². The largest absolute Gasteiger partial charge is 0.480 e. The Morgan fingerprint density at radius 1 is 1.19 bits per heavy atom. The highest BCUT2D eigenvalue weighted by Gasteiger charge is 2.39. The molecule has 2 atom stereocenters. The van der Waals surface area contributed by atoms with E-state index in [-0.39, 0.29) is 33.7 Å². The number of aliphatic carboxylic acids is 1. The normalized spacial score (nSPS) is 21.4. The van der Waals surface area contributed by atoms with E-state index in [9.17, 15) is 14.7 Å². The number of nitrogens with zero attached hydrogens (tertiary/aromatic N) is 1. The lowest BCUT2D eigenvalue weighted by Crippen LogP contribution is -2.43. The van der Waals surface area contributed by atoms with Gasteiger partial charge in [-0.2, -0.15) is 0 Å². The van der Waals surface area contributed by atoms with Crippen molar-refractivity contribution >= 4 is 52.5 Å². The predicted octanol–water partition coefficient (Wildman–Crippen LogP) is 2.70. The van der Waals surface area contributed by atoms with Gasteiger partial charge in [0, 0.05) is 13.0 Å². The molecule has 0 unspecified atom stereocenters. The van der Waals surface area contributed by atoms with E-state index in [0.29, 0.717) is 0 Å². The van der Waals surface area contributed by atoms with Crippen LogP contribution in [0.15, 0.2) is 12.1 Å². The summed E-state index contributed by atoms with van der Waals surface area (Å²) >= 11 is 17.6. The average Bonchev–Trinajstić information content (AvgIpc) is 2.78. The summed E-state index contributed by atoms with van der Waals surface area (Å²) in [6.45, 7) is -0.0677. The number of carboxylic acids is 1. The standard InChI is InChI=1S/C12H11Cl3N2O4/c13-6-2-8(15)9(3-7(6)14)16-12(21)17-4-5(18)1-10(17)11(19)20/h2-3,5,10,18H,1,4H2,(H,16,21)(H,19,20)/t5-,10-/m0/s1. The first-order valence-electron chi connectivity index (χ1n) is 5.92. The Hall–Kier alpha value is -1.21. The van der Waals surface area contributed by atoms with E-state index >= 15 is 0 Å². The number of rotatable bonds is 2. The Balaban J connectivity index is 2.18. The van der Waals surface area contributed by atoms with Gasteiger partial charge in [-0.15, -0.1) is 0 Å². The van der Waals surface area contributed by atoms with Crippen LogP contribution in [0.4, 0.5) is 10.5 Å². The lowest BCUT2D eigenvalue weighted by atomic mass is 10.2. The fourth-order valence-electron chi connectivity index (χ4n) is 2.08. The number of anilines is 1. The number of likely N-dealkylation sites (tertiary alicyclic amines) is 1. The molecule has 1 aromatic carbocycles. The van der Waals surface area contributed by atoms with Crippen LogP contribution in [-0.2, 0) is 4.79 Å². The van der Waals surface area contributed by atoms with Crippen molar-refractivity contribution in [3.8, 4) is 0 Å². The second-order valence-electron chi connectivity index (χ2n) is 4.57. The van der Waals surface area contributed by atoms with Gasteiger partial charge in [0.15, 0.2) is 0 Å². The number of benzene rings is 1. The second-order valence-corrected chi connectivity index (χ2v) is 5.79. The summed E-state index contributed by atoms with van der Waals surface area (Å²) in [5, 5.41) is 21.6. The molecule has 2 amide bonds. The van der Waals surface area contributed by atoms with Crippen molar-refractivity contribution in [3.05, 3.63) is 27.2 Å². The van der Waals surface area contributed by atoms with Crippen molar-refractivity contribution in [1.82, 2.24) is 4.90 Å². The topological polar surface area (TPSA) is 89.9 Å². The minimum Gasteiger partial charge on any atom is -0.480 e. The number of hydrogen-bond donors (Lipinski definition) is 3. The number of nitrogens with one attached hydrogen (secondary N) is 1. The molecule has 9 heteroatoms. The van der Waals surface area contributed by atoms with Crippen LogP contribution in [0.3, 0.4) is 0 Å². The number of aliphatic hydroxyl groups excluding tert-OH is 1. The Morgan fingerprint density at radius 3 is 2.43 bits per heavy atom. The summed E-state index contributed by atoms with van der Waals surface area (Å²) in [6, 6.07) is 0.974. The molecule has 114 valence electrons. The predicted molar refractivity (Wildman–Crippen MR) is 79.2 cm³/mol. The molecule has 21 heavy (non-hydrogen) atoms. The van der Waals surface area contributed by atoms with Crippen molar-refractivity contribution in [1.29, 1.82) is 0 Å². The molecule has 3 N–H and O–H groups in total. The maximum atomic E-state index is 12.1. The molecule has 6 nitrogen and oxygen atoms in total. The summed E-state index contributed by atoms with van der Waals surface area (Å²) in [6.07, 6.45) is -0.890. The zero-order valence-electron chi connectivity index (χ0n) is 10.5. The summed E-state index contributed by atoms with van der Waals surface area (Å²) in [5.41, 5.74) is 0.210. The smallest absolute Gasteiger partial charge is 0.326 e. The fourth-order valence-corrected chi connectivity index (χ4v) is 2.67. The number of aliphatic hydroxyl groups is 1. The summed E-state index contributed by atoms with van der Waals surface area (Å²) in [5.74, 6) is -1.18. The number of β-amino-alcohol motifs (C(OH)–C–C–N with tert-alkyl or cyclic N) is 1. The van der Waals surface area contributed by atoms with Crippen molar-refractivity contribution in [3.63, 3.8) is 0 Å². The first kappa shape index (κ1) is 16.2. The number of carbonyl (C=O) groups is 2. The fraction of sp³-hybridized carbons (Fsp3) is 0.333. The highest BCUT2D eigenvalue weighted by molar-refractivity contribution is 6.44. The first-order valence-corrected chi connectivity index (χ1v) is 7.06. The third-order valence-electron chi connectivity index (χ3n) is 3.08. The van der Waals surface area contributed by atoms with Crippen LogP contribution in [0, 0.1) is 0 Å². The van der Waals surface area contributed by atoms with Crippen LogP contribution in [-0.4, -0.2) is 45.8 Å². The molecule has 0 saturated carbocycles. The van der Waals surface area contributed by atoms with Crippen LogP contribution >= 0.6 is 34.8 Å². The van der Waals surface area contributed by atoms with E-state index in [2.05, 4.69) is 5.32 Å². The lowest BCUT2D eigenvalue weighted by Gasteiger charge is -2.22. The van der Waals surface area contributed by atoms with E-state index in [1.54, 1.807) is 0 Å². The quantitative estimate of drug-likeness (QED) is 0.713. The van der Waals surface area contributed by atoms with Crippen molar-refractivity contribution < 1.29 is 19.8 Å². The van der Waals surface area contributed by atoms with Crippen LogP contribution in [0.5, 0.6) is 0 Å². The van der Waals surface area contributed by atoms with Gasteiger partial charge in [0.25, 0.3) is 0 Å². The molecule has 1 fully saturated rings. The molecular formula is C12H11Cl3N2O4. The molecule has 0 spiro atoms. The zero-order chi connectivity index (χ0) is 15.7. The monoisotopic (exact) mass is 352 g/mol. The second kappa shape index (κ2) is 6.27.